The first-order valence-electron chi connectivity index (χ1n) is 5.06. The summed E-state index contributed by atoms with van der Waals surface area (Å²) in [6.07, 6.45) is 5.59. The molecule has 3 heteroatoms. The zero-order chi connectivity index (χ0) is 10.4. The highest BCUT2D eigenvalue weighted by molar-refractivity contribution is 9.10. The molecule has 0 spiro atoms. The minimum atomic E-state index is 0.0327. The SMILES string of the molecule is OCc1cc(Br)cc2c1O[C@@H]1CC=C[C@H]21. The van der Waals surface area contributed by atoms with Crippen molar-refractivity contribution in [3.05, 3.63) is 39.9 Å². The van der Waals surface area contributed by atoms with E-state index in [1.165, 1.54) is 5.56 Å². The van der Waals surface area contributed by atoms with Crippen LogP contribution >= 0.6 is 15.9 Å². The molecule has 2 aliphatic rings. The molecule has 1 heterocycles. The number of aliphatic hydroxyl groups is 1. The molecule has 1 N–H and O–H groups in total. The number of rotatable bonds is 1. The summed E-state index contributed by atoms with van der Waals surface area (Å²) in [5, 5.41) is 9.27. The Bertz CT molecular complexity index is 439. The van der Waals surface area contributed by atoms with Crippen LogP contribution in [0.3, 0.4) is 0 Å². The van der Waals surface area contributed by atoms with E-state index in [0.29, 0.717) is 5.92 Å². The number of halogens is 1. The highest BCUT2D eigenvalue weighted by atomic mass is 79.9. The smallest absolute Gasteiger partial charge is 0.129 e. The van der Waals surface area contributed by atoms with Gasteiger partial charge >= 0.3 is 0 Å². The summed E-state index contributed by atoms with van der Waals surface area (Å²) in [4.78, 5) is 0. The number of fused-ring (bicyclic) bond motifs is 3. The summed E-state index contributed by atoms with van der Waals surface area (Å²) in [6.45, 7) is 0.0327. The van der Waals surface area contributed by atoms with Crippen LogP contribution in [0.4, 0.5) is 0 Å². The first-order chi connectivity index (χ1) is 7.29. The lowest BCUT2D eigenvalue weighted by molar-refractivity contribution is 0.220. The molecule has 78 valence electrons. The quantitative estimate of drug-likeness (QED) is 0.793. The van der Waals surface area contributed by atoms with Crippen LogP contribution in [0.25, 0.3) is 0 Å². The average Bonchev–Trinajstić information content (AvgIpc) is 2.77. The average molecular weight is 267 g/mol. The van der Waals surface area contributed by atoms with Gasteiger partial charge in [-0.25, -0.2) is 0 Å². The van der Waals surface area contributed by atoms with E-state index < -0.39 is 0 Å². The van der Waals surface area contributed by atoms with Crippen molar-refractivity contribution in [2.24, 2.45) is 0 Å². The van der Waals surface area contributed by atoms with Crippen LogP contribution in [-0.4, -0.2) is 11.2 Å². The van der Waals surface area contributed by atoms with Crippen molar-refractivity contribution in [1.29, 1.82) is 0 Å². The highest BCUT2D eigenvalue weighted by Crippen LogP contribution is 2.46. The number of benzene rings is 1. The summed E-state index contributed by atoms with van der Waals surface area (Å²) >= 11 is 3.46. The van der Waals surface area contributed by atoms with Crippen molar-refractivity contribution in [1.82, 2.24) is 0 Å². The zero-order valence-corrected chi connectivity index (χ0v) is 9.70. The molecule has 0 amide bonds. The lowest BCUT2D eigenvalue weighted by atomic mass is 9.97. The van der Waals surface area contributed by atoms with Crippen LogP contribution in [0.5, 0.6) is 5.75 Å². The molecule has 1 aromatic carbocycles. The van der Waals surface area contributed by atoms with Gasteiger partial charge in [-0.15, -0.1) is 0 Å². The van der Waals surface area contributed by atoms with Crippen LogP contribution in [0.15, 0.2) is 28.8 Å². The van der Waals surface area contributed by atoms with Crippen molar-refractivity contribution in [2.45, 2.75) is 25.0 Å². The van der Waals surface area contributed by atoms with Gasteiger partial charge in [-0.3, -0.25) is 0 Å². The molecule has 0 saturated carbocycles. The van der Waals surface area contributed by atoms with E-state index in [1.807, 2.05) is 6.07 Å². The third-order valence-corrected chi connectivity index (χ3v) is 3.53. The second kappa shape index (κ2) is 3.35. The molecule has 1 aliphatic heterocycles. The Morgan fingerprint density at radius 3 is 3.13 bits per heavy atom. The van der Waals surface area contributed by atoms with E-state index in [-0.39, 0.29) is 12.7 Å². The molecule has 3 rings (SSSR count). The molecule has 0 fully saturated rings. The van der Waals surface area contributed by atoms with Gasteiger partial charge in [0.05, 0.1) is 6.61 Å². The van der Waals surface area contributed by atoms with Gasteiger partial charge < -0.3 is 9.84 Å². The van der Waals surface area contributed by atoms with Gasteiger partial charge in [-0.1, -0.05) is 28.1 Å². The lowest BCUT2D eigenvalue weighted by Gasteiger charge is -2.09. The van der Waals surface area contributed by atoms with Crippen molar-refractivity contribution in [3.63, 3.8) is 0 Å². The fourth-order valence-electron chi connectivity index (χ4n) is 2.39. The number of hydrogen-bond acceptors (Lipinski definition) is 2. The highest BCUT2D eigenvalue weighted by Gasteiger charge is 2.36. The molecule has 15 heavy (non-hydrogen) atoms. The molecule has 0 saturated heterocycles. The van der Waals surface area contributed by atoms with E-state index in [0.717, 1.165) is 22.2 Å². The minimum absolute atomic E-state index is 0.0327. The van der Waals surface area contributed by atoms with Crippen molar-refractivity contribution < 1.29 is 9.84 Å². The Labute approximate surface area is 96.7 Å². The van der Waals surface area contributed by atoms with Crippen LogP contribution in [-0.2, 0) is 6.61 Å². The van der Waals surface area contributed by atoms with Crippen LogP contribution in [0, 0.1) is 0 Å². The van der Waals surface area contributed by atoms with Crippen molar-refractivity contribution >= 4 is 15.9 Å². The number of aliphatic hydroxyl groups excluding tert-OH is 1. The van der Waals surface area contributed by atoms with Gasteiger partial charge in [0, 0.05) is 27.9 Å². The first kappa shape index (κ1) is 9.43. The largest absolute Gasteiger partial charge is 0.488 e. The maximum Gasteiger partial charge on any atom is 0.129 e. The molecule has 0 bridgehead atoms. The monoisotopic (exact) mass is 266 g/mol. The van der Waals surface area contributed by atoms with Crippen LogP contribution in [0.1, 0.15) is 23.5 Å². The second-order valence-corrected chi connectivity index (χ2v) is 4.90. The Kier molecular flexibility index (Phi) is 2.11. The van der Waals surface area contributed by atoms with Crippen LogP contribution in [0.2, 0.25) is 0 Å². The summed E-state index contributed by atoms with van der Waals surface area (Å²) in [6, 6.07) is 4.01. The first-order valence-corrected chi connectivity index (χ1v) is 5.85. The Balaban J connectivity index is 2.16. The molecule has 0 radical (unpaired) electrons. The maximum atomic E-state index is 9.27. The molecule has 2 nitrogen and oxygen atoms in total. The summed E-state index contributed by atoms with van der Waals surface area (Å²) < 4.78 is 6.87. The van der Waals surface area contributed by atoms with Gasteiger partial charge in [-0.05, 0) is 12.1 Å². The second-order valence-electron chi connectivity index (χ2n) is 3.99. The molecule has 2 atom stereocenters. The van der Waals surface area contributed by atoms with Gasteiger partial charge in [0.1, 0.15) is 11.9 Å². The van der Waals surface area contributed by atoms with E-state index in [4.69, 9.17) is 4.74 Å². The third-order valence-electron chi connectivity index (χ3n) is 3.07. The predicted molar refractivity (Wildman–Crippen MR) is 61.0 cm³/mol. The van der Waals surface area contributed by atoms with E-state index in [9.17, 15) is 5.11 Å². The number of ether oxygens (including phenoxy) is 1. The topological polar surface area (TPSA) is 29.5 Å². The van der Waals surface area contributed by atoms with Gasteiger partial charge in [-0.2, -0.15) is 0 Å². The molecule has 1 aromatic rings. The van der Waals surface area contributed by atoms with Gasteiger partial charge in [0.25, 0.3) is 0 Å². The summed E-state index contributed by atoms with van der Waals surface area (Å²) in [7, 11) is 0. The van der Waals surface area contributed by atoms with Crippen LogP contribution < -0.4 is 4.74 Å². The lowest BCUT2D eigenvalue weighted by Crippen LogP contribution is -2.11. The molecular weight excluding hydrogens is 256 g/mol. The maximum absolute atomic E-state index is 9.27. The standard InChI is InChI=1S/C12H11BrO2/c13-8-4-7(6-14)12-10(5-8)9-2-1-3-11(9)15-12/h1-2,4-5,9,11,14H,3,6H2/t9-,11-/m1/s1. The van der Waals surface area contributed by atoms with Gasteiger partial charge in [0.2, 0.25) is 0 Å². The Morgan fingerprint density at radius 1 is 1.47 bits per heavy atom. The normalized spacial score (nSPS) is 26.3. The summed E-state index contributed by atoms with van der Waals surface area (Å²) in [5.74, 6) is 1.27. The minimum Gasteiger partial charge on any atom is -0.488 e. The molecule has 1 aliphatic carbocycles. The Morgan fingerprint density at radius 2 is 2.33 bits per heavy atom. The zero-order valence-electron chi connectivity index (χ0n) is 8.11. The predicted octanol–water partition coefficient (Wildman–Crippen LogP) is 2.75. The van der Waals surface area contributed by atoms with Crippen molar-refractivity contribution in [2.75, 3.05) is 0 Å². The number of hydrogen-bond donors (Lipinski definition) is 1. The third kappa shape index (κ3) is 1.34. The van der Waals surface area contributed by atoms with Crippen molar-refractivity contribution in [3.8, 4) is 5.75 Å². The molecular formula is C12H11BrO2. The van der Waals surface area contributed by atoms with E-state index >= 15 is 0 Å². The van der Waals surface area contributed by atoms with E-state index in [2.05, 4.69) is 34.1 Å². The summed E-state index contributed by atoms with van der Waals surface area (Å²) in [5.41, 5.74) is 2.08. The fraction of sp³-hybridized carbons (Fsp3) is 0.333. The Hall–Kier alpha value is -0.800. The fourth-order valence-corrected chi connectivity index (χ4v) is 2.91. The van der Waals surface area contributed by atoms with E-state index in [1.54, 1.807) is 0 Å². The van der Waals surface area contributed by atoms with Gasteiger partial charge in [0.15, 0.2) is 0 Å². The molecule has 0 unspecified atom stereocenters. The molecule has 0 aromatic heterocycles.